The third kappa shape index (κ3) is 2.23. The molecule has 1 amide bonds. The van der Waals surface area contributed by atoms with E-state index < -0.39 is 0 Å². The minimum absolute atomic E-state index is 0.0671. The van der Waals surface area contributed by atoms with Crippen molar-refractivity contribution in [3.8, 4) is 11.3 Å². The summed E-state index contributed by atoms with van der Waals surface area (Å²) in [7, 11) is 0. The highest BCUT2D eigenvalue weighted by Gasteiger charge is 2.33. The van der Waals surface area contributed by atoms with Crippen LogP contribution in [-0.2, 0) is 6.42 Å². The van der Waals surface area contributed by atoms with E-state index in [-0.39, 0.29) is 11.9 Å². The number of rotatable bonds is 2. The summed E-state index contributed by atoms with van der Waals surface area (Å²) in [5.74, 6) is -0.0671. The Morgan fingerprint density at radius 1 is 1.13 bits per heavy atom. The van der Waals surface area contributed by atoms with Gasteiger partial charge in [-0.15, -0.1) is 0 Å². The summed E-state index contributed by atoms with van der Waals surface area (Å²) in [6.45, 7) is 2.06. The fourth-order valence-electron chi connectivity index (χ4n) is 3.20. The third-order valence-corrected chi connectivity index (χ3v) is 4.27. The molecule has 0 aliphatic carbocycles. The molecule has 114 valence electrons. The van der Waals surface area contributed by atoms with Crippen molar-refractivity contribution in [3.63, 3.8) is 0 Å². The standard InChI is InChI=1S/C19H16N2O2/c1-13-11-15-9-5-6-10-17(15)21(13)19(22)16-12-23-20-18(16)14-7-3-2-4-8-14/h2-10,12-13H,11H2,1H3. The molecular formula is C19H16N2O2. The SMILES string of the molecule is CC1Cc2ccccc2N1C(=O)c1conc1-c1ccccc1. The number of aromatic nitrogens is 1. The number of carbonyl (C=O) groups excluding carboxylic acids is 1. The molecule has 1 aliphatic rings. The summed E-state index contributed by atoms with van der Waals surface area (Å²) in [5.41, 5.74) is 4.15. The van der Waals surface area contributed by atoms with Crippen LogP contribution >= 0.6 is 0 Å². The Bertz CT molecular complexity index is 855. The van der Waals surface area contributed by atoms with Gasteiger partial charge in [0.1, 0.15) is 17.5 Å². The molecule has 0 bridgehead atoms. The molecule has 0 saturated heterocycles. The zero-order valence-electron chi connectivity index (χ0n) is 12.8. The number of hydrogen-bond donors (Lipinski definition) is 0. The lowest BCUT2D eigenvalue weighted by molar-refractivity contribution is 0.0981. The van der Waals surface area contributed by atoms with Crippen molar-refractivity contribution in [1.29, 1.82) is 0 Å². The third-order valence-electron chi connectivity index (χ3n) is 4.27. The van der Waals surface area contributed by atoms with E-state index in [1.54, 1.807) is 0 Å². The first-order valence-electron chi connectivity index (χ1n) is 7.67. The maximum atomic E-state index is 13.1. The predicted molar refractivity (Wildman–Crippen MR) is 88.4 cm³/mol. The van der Waals surface area contributed by atoms with Crippen LogP contribution in [0.15, 0.2) is 65.4 Å². The number of carbonyl (C=O) groups is 1. The van der Waals surface area contributed by atoms with Gasteiger partial charge < -0.3 is 9.42 Å². The van der Waals surface area contributed by atoms with Gasteiger partial charge in [0, 0.05) is 17.3 Å². The van der Waals surface area contributed by atoms with Crippen LogP contribution in [0.1, 0.15) is 22.8 Å². The van der Waals surface area contributed by atoms with Gasteiger partial charge in [0.2, 0.25) is 0 Å². The predicted octanol–water partition coefficient (Wildman–Crippen LogP) is 3.93. The number of fused-ring (bicyclic) bond motifs is 1. The van der Waals surface area contributed by atoms with Crippen LogP contribution in [0, 0.1) is 0 Å². The molecule has 1 aliphatic heterocycles. The van der Waals surface area contributed by atoms with E-state index in [1.165, 1.54) is 11.8 Å². The van der Waals surface area contributed by atoms with Crippen molar-refractivity contribution in [2.45, 2.75) is 19.4 Å². The zero-order valence-corrected chi connectivity index (χ0v) is 12.8. The smallest absolute Gasteiger partial charge is 0.264 e. The van der Waals surface area contributed by atoms with Gasteiger partial charge in [-0.25, -0.2) is 0 Å². The van der Waals surface area contributed by atoms with Gasteiger partial charge in [-0.1, -0.05) is 53.7 Å². The largest absolute Gasteiger partial charge is 0.363 e. The monoisotopic (exact) mass is 304 g/mol. The lowest BCUT2D eigenvalue weighted by Gasteiger charge is -2.22. The van der Waals surface area contributed by atoms with E-state index in [0.717, 1.165) is 17.7 Å². The topological polar surface area (TPSA) is 46.3 Å². The molecule has 3 aromatic rings. The molecule has 1 aromatic heterocycles. The van der Waals surface area contributed by atoms with Crippen molar-refractivity contribution in [3.05, 3.63) is 72.0 Å². The molecule has 4 nitrogen and oxygen atoms in total. The Hall–Kier alpha value is -2.88. The maximum absolute atomic E-state index is 13.1. The molecular weight excluding hydrogens is 288 g/mol. The molecule has 0 fully saturated rings. The highest BCUT2D eigenvalue weighted by molar-refractivity contribution is 6.10. The molecule has 0 saturated carbocycles. The Balaban J connectivity index is 1.76. The minimum Gasteiger partial charge on any atom is -0.363 e. The lowest BCUT2D eigenvalue weighted by Crippen LogP contribution is -2.35. The van der Waals surface area contributed by atoms with Gasteiger partial charge in [0.05, 0.1) is 0 Å². The number of benzene rings is 2. The molecule has 4 rings (SSSR count). The number of para-hydroxylation sites is 1. The lowest BCUT2D eigenvalue weighted by atomic mass is 10.1. The second-order valence-corrected chi connectivity index (χ2v) is 5.80. The van der Waals surface area contributed by atoms with Crippen molar-refractivity contribution in [2.75, 3.05) is 4.90 Å². The van der Waals surface area contributed by atoms with Crippen LogP contribution in [0.2, 0.25) is 0 Å². The molecule has 2 aromatic carbocycles. The number of hydrogen-bond acceptors (Lipinski definition) is 3. The first kappa shape index (κ1) is 13.8. The number of anilines is 1. The zero-order chi connectivity index (χ0) is 15.8. The summed E-state index contributed by atoms with van der Waals surface area (Å²) >= 11 is 0. The van der Waals surface area contributed by atoms with Crippen LogP contribution in [0.25, 0.3) is 11.3 Å². The Labute approximate surface area is 134 Å². The molecule has 0 N–H and O–H groups in total. The summed E-state index contributed by atoms with van der Waals surface area (Å²) in [6, 6.07) is 17.8. The fraction of sp³-hybridized carbons (Fsp3) is 0.158. The molecule has 0 spiro atoms. The summed E-state index contributed by atoms with van der Waals surface area (Å²) in [6.07, 6.45) is 2.31. The van der Waals surface area contributed by atoms with Crippen molar-refractivity contribution < 1.29 is 9.32 Å². The average molecular weight is 304 g/mol. The van der Waals surface area contributed by atoms with E-state index in [2.05, 4.69) is 18.1 Å². The van der Waals surface area contributed by atoms with Gasteiger partial charge in [0.25, 0.3) is 5.91 Å². The minimum atomic E-state index is -0.0671. The van der Waals surface area contributed by atoms with E-state index >= 15 is 0 Å². The highest BCUT2D eigenvalue weighted by Crippen LogP contribution is 2.34. The van der Waals surface area contributed by atoms with Crippen molar-refractivity contribution in [2.24, 2.45) is 0 Å². The van der Waals surface area contributed by atoms with Crippen molar-refractivity contribution >= 4 is 11.6 Å². The second kappa shape index (κ2) is 5.39. The van der Waals surface area contributed by atoms with E-state index in [0.29, 0.717) is 11.3 Å². The van der Waals surface area contributed by atoms with Crippen LogP contribution < -0.4 is 4.90 Å². The Morgan fingerprint density at radius 3 is 2.70 bits per heavy atom. The fourth-order valence-corrected chi connectivity index (χ4v) is 3.20. The van der Waals surface area contributed by atoms with Crippen LogP contribution in [-0.4, -0.2) is 17.1 Å². The Morgan fingerprint density at radius 2 is 1.87 bits per heavy atom. The van der Waals surface area contributed by atoms with Crippen LogP contribution in [0.4, 0.5) is 5.69 Å². The first-order chi connectivity index (χ1) is 11.3. The normalized spacial score (nSPS) is 16.4. The van der Waals surface area contributed by atoms with Crippen LogP contribution in [0.3, 0.4) is 0 Å². The van der Waals surface area contributed by atoms with E-state index in [1.807, 2.05) is 53.4 Å². The Kier molecular flexibility index (Phi) is 3.23. The van der Waals surface area contributed by atoms with Gasteiger partial charge in [0.15, 0.2) is 0 Å². The van der Waals surface area contributed by atoms with Gasteiger partial charge in [-0.05, 0) is 25.0 Å². The summed E-state index contributed by atoms with van der Waals surface area (Å²) < 4.78 is 5.11. The molecule has 2 heterocycles. The number of amides is 1. The van der Waals surface area contributed by atoms with Gasteiger partial charge >= 0.3 is 0 Å². The van der Waals surface area contributed by atoms with Crippen LogP contribution in [0.5, 0.6) is 0 Å². The van der Waals surface area contributed by atoms with Crippen molar-refractivity contribution in [1.82, 2.24) is 5.16 Å². The highest BCUT2D eigenvalue weighted by atomic mass is 16.5. The van der Waals surface area contributed by atoms with E-state index in [9.17, 15) is 4.79 Å². The molecule has 1 unspecified atom stereocenters. The van der Waals surface area contributed by atoms with Gasteiger partial charge in [-0.3, -0.25) is 4.79 Å². The molecule has 1 atom stereocenters. The van der Waals surface area contributed by atoms with Gasteiger partial charge in [-0.2, -0.15) is 0 Å². The average Bonchev–Trinajstić information content (AvgIpc) is 3.18. The quantitative estimate of drug-likeness (QED) is 0.720. The summed E-state index contributed by atoms with van der Waals surface area (Å²) in [4.78, 5) is 14.9. The van der Waals surface area contributed by atoms with E-state index in [4.69, 9.17) is 4.52 Å². The first-order valence-corrected chi connectivity index (χ1v) is 7.67. The molecule has 4 heteroatoms. The summed E-state index contributed by atoms with van der Waals surface area (Å²) in [5, 5.41) is 4.04. The maximum Gasteiger partial charge on any atom is 0.264 e. The second-order valence-electron chi connectivity index (χ2n) is 5.80. The molecule has 0 radical (unpaired) electrons. The molecule has 23 heavy (non-hydrogen) atoms. The number of nitrogens with zero attached hydrogens (tertiary/aromatic N) is 2.